The minimum atomic E-state index is -4.29. The molecule has 1 aliphatic rings. The summed E-state index contributed by atoms with van der Waals surface area (Å²) >= 11 is 16.4. The second-order valence-corrected chi connectivity index (χ2v) is 15.2. The summed E-state index contributed by atoms with van der Waals surface area (Å²) in [6.45, 7) is -0.542. The lowest BCUT2D eigenvalue weighted by molar-refractivity contribution is -0.140. The Morgan fingerprint density at radius 1 is 0.809 bits per heavy atom. The summed E-state index contributed by atoms with van der Waals surface area (Å²) in [7, 11) is -4.29. The quantitative estimate of drug-likeness (QED) is 0.159. The Labute approximate surface area is 295 Å². The van der Waals surface area contributed by atoms with Crippen LogP contribution in [0.25, 0.3) is 0 Å². The third kappa shape index (κ3) is 8.96. The van der Waals surface area contributed by atoms with Gasteiger partial charge in [-0.1, -0.05) is 125 Å². The molecule has 1 atom stereocenters. The lowest BCUT2D eigenvalue weighted by Gasteiger charge is -2.35. The first-order chi connectivity index (χ1) is 22.6. The van der Waals surface area contributed by atoms with Gasteiger partial charge in [-0.2, -0.15) is 0 Å². The smallest absolute Gasteiger partial charge is 0.264 e. The molecule has 0 heterocycles. The summed E-state index contributed by atoms with van der Waals surface area (Å²) in [6.07, 6.45) is 5.18. The SMILES string of the molecule is O=C(NC1CCCCC1)[C@@H](Cc1ccccc1)N(Cc1ccc(Br)cc1)C(=O)CN(c1cccc(Cl)c1Cl)S(=O)(=O)c1ccccc1. The van der Waals surface area contributed by atoms with E-state index in [0.717, 1.165) is 52.0 Å². The molecule has 0 spiro atoms. The second-order valence-electron chi connectivity index (χ2n) is 11.6. The third-order valence-corrected chi connectivity index (χ3v) is 11.4. The van der Waals surface area contributed by atoms with Crippen molar-refractivity contribution >= 4 is 66.7 Å². The molecule has 1 fully saturated rings. The molecule has 4 aromatic rings. The van der Waals surface area contributed by atoms with Gasteiger partial charge in [0, 0.05) is 23.5 Å². The first kappa shape index (κ1) is 35.0. The molecule has 4 aromatic carbocycles. The number of benzene rings is 4. The summed E-state index contributed by atoms with van der Waals surface area (Å²) < 4.78 is 30.2. The molecule has 1 aliphatic carbocycles. The van der Waals surface area contributed by atoms with Gasteiger partial charge in [-0.3, -0.25) is 13.9 Å². The van der Waals surface area contributed by atoms with Gasteiger partial charge in [-0.25, -0.2) is 8.42 Å². The van der Waals surface area contributed by atoms with Gasteiger partial charge in [0.05, 0.1) is 20.6 Å². The van der Waals surface area contributed by atoms with Crippen LogP contribution in [0.1, 0.15) is 43.2 Å². The number of hydrogen-bond acceptors (Lipinski definition) is 4. The van der Waals surface area contributed by atoms with E-state index in [2.05, 4.69) is 21.2 Å². The van der Waals surface area contributed by atoms with Gasteiger partial charge in [-0.05, 0) is 60.4 Å². The number of anilines is 1. The van der Waals surface area contributed by atoms with Gasteiger partial charge in [0.25, 0.3) is 10.0 Å². The largest absolute Gasteiger partial charge is 0.352 e. The Morgan fingerprint density at radius 2 is 1.45 bits per heavy atom. The van der Waals surface area contributed by atoms with Crippen LogP contribution in [-0.2, 0) is 32.6 Å². The average Bonchev–Trinajstić information content (AvgIpc) is 3.08. The van der Waals surface area contributed by atoms with Crippen molar-refractivity contribution < 1.29 is 18.0 Å². The van der Waals surface area contributed by atoms with E-state index in [0.29, 0.717) is 0 Å². The van der Waals surface area contributed by atoms with Crippen molar-refractivity contribution in [2.45, 2.75) is 62.0 Å². The third-order valence-electron chi connectivity index (χ3n) is 8.30. The number of rotatable bonds is 12. The van der Waals surface area contributed by atoms with Gasteiger partial charge < -0.3 is 10.2 Å². The molecule has 0 aliphatic heterocycles. The van der Waals surface area contributed by atoms with Crippen LogP contribution in [0.4, 0.5) is 5.69 Å². The van der Waals surface area contributed by atoms with Crippen LogP contribution < -0.4 is 9.62 Å². The highest BCUT2D eigenvalue weighted by Crippen LogP contribution is 2.35. The summed E-state index contributed by atoms with van der Waals surface area (Å²) in [4.78, 5) is 30.3. The van der Waals surface area contributed by atoms with Crippen LogP contribution in [-0.4, -0.2) is 43.8 Å². The van der Waals surface area contributed by atoms with Crippen LogP contribution in [0.15, 0.2) is 112 Å². The van der Waals surface area contributed by atoms with Gasteiger partial charge in [-0.15, -0.1) is 0 Å². The van der Waals surface area contributed by atoms with E-state index in [-0.39, 0.29) is 45.5 Å². The van der Waals surface area contributed by atoms with Crippen molar-refractivity contribution in [2.24, 2.45) is 0 Å². The fourth-order valence-electron chi connectivity index (χ4n) is 5.80. The minimum Gasteiger partial charge on any atom is -0.352 e. The lowest BCUT2D eigenvalue weighted by atomic mass is 9.94. The number of carbonyl (C=O) groups is 2. The number of nitrogens with one attached hydrogen (secondary N) is 1. The number of halogens is 3. The predicted molar refractivity (Wildman–Crippen MR) is 191 cm³/mol. The Balaban J connectivity index is 1.58. The predicted octanol–water partition coefficient (Wildman–Crippen LogP) is 8.04. The van der Waals surface area contributed by atoms with Crippen molar-refractivity contribution in [3.63, 3.8) is 0 Å². The van der Waals surface area contributed by atoms with Crippen LogP contribution in [0.2, 0.25) is 10.0 Å². The highest BCUT2D eigenvalue weighted by Gasteiger charge is 2.36. The summed E-state index contributed by atoms with van der Waals surface area (Å²) in [5.41, 5.74) is 1.71. The fraction of sp³-hybridized carbons (Fsp3) is 0.278. The minimum absolute atomic E-state index is 0.00295. The number of hydrogen-bond donors (Lipinski definition) is 1. The Morgan fingerprint density at radius 3 is 2.11 bits per heavy atom. The lowest BCUT2D eigenvalue weighted by Crippen LogP contribution is -2.55. The van der Waals surface area contributed by atoms with Crippen molar-refractivity contribution in [2.75, 3.05) is 10.8 Å². The Bertz CT molecular complexity index is 1770. The molecule has 0 aromatic heterocycles. The van der Waals surface area contributed by atoms with Crippen molar-refractivity contribution in [3.8, 4) is 0 Å². The maximum atomic E-state index is 14.7. The van der Waals surface area contributed by atoms with Gasteiger partial charge in [0.1, 0.15) is 12.6 Å². The number of carbonyl (C=O) groups excluding carboxylic acids is 2. The number of nitrogens with zero attached hydrogens (tertiary/aromatic N) is 2. The Hall–Kier alpha value is -3.37. The molecule has 1 saturated carbocycles. The number of amides is 2. The van der Waals surface area contributed by atoms with E-state index >= 15 is 0 Å². The monoisotopic (exact) mass is 755 g/mol. The highest BCUT2D eigenvalue weighted by atomic mass is 79.9. The zero-order chi connectivity index (χ0) is 33.4. The molecule has 246 valence electrons. The summed E-state index contributed by atoms with van der Waals surface area (Å²) in [5, 5.41) is 3.36. The average molecular weight is 758 g/mol. The van der Waals surface area contributed by atoms with Crippen molar-refractivity contribution in [1.29, 1.82) is 0 Å². The van der Waals surface area contributed by atoms with Gasteiger partial charge in [0.2, 0.25) is 11.8 Å². The van der Waals surface area contributed by atoms with E-state index < -0.39 is 28.5 Å². The van der Waals surface area contributed by atoms with E-state index in [1.165, 1.54) is 23.1 Å². The van der Waals surface area contributed by atoms with E-state index in [9.17, 15) is 18.0 Å². The molecule has 0 unspecified atom stereocenters. The zero-order valence-electron chi connectivity index (χ0n) is 25.7. The first-order valence-electron chi connectivity index (χ1n) is 15.5. The van der Waals surface area contributed by atoms with Crippen LogP contribution in [0, 0.1) is 0 Å². The van der Waals surface area contributed by atoms with Crippen LogP contribution in [0.5, 0.6) is 0 Å². The standard InChI is InChI=1S/C36H36BrCl2N3O4S/c37-28-21-19-27(20-22-28)24-41(33(23-26-11-4-1-5-12-26)36(44)40-29-13-6-2-7-14-29)34(43)25-42(32-18-10-17-31(38)35(32)39)47(45,46)30-15-8-3-9-16-30/h1,3-5,8-12,15-22,29,33H,2,6-7,13-14,23-25H2,(H,40,44)/t33-/m1/s1. The highest BCUT2D eigenvalue weighted by molar-refractivity contribution is 9.10. The zero-order valence-corrected chi connectivity index (χ0v) is 29.6. The molecule has 0 radical (unpaired) electrons. The molecule has 11 heteroatoms. The second kappa shape index (κ2) is 16.2. The van der Waals surface area contributed by atoms with E-state index in [1.54, 1.807) is 30.3 Å². The van der Waals surface area contributed by atoms with Crippen molar-refractivity contribution in [1.82, 2.24) is 10.2 Å². The van der Waals surface area contributed by atoms with Crippen LogP contribution >= 0.6 is 39.1 Å². The summed E-state index contributed by atoms with van der Waals surface area (Å²) in [6, 6.07) is 28.6. The van der Waals surface area contributed by atoms with Crippen molar-refractivity contribution in [3.05, 3.63) is 129 Å². The molecule has 7 nitrogen and oxygen atoms in total. The summed E-state index contributed by atoms with van der Waals surface area (Å²) in [5.74, 6) is -0.840. The molecule has 47 heavy (non-hydrogen) atoms. The molecule has 0 bridgehead atoms. The molecule has 0 saturated heterocycles. The maximum Gasteiger partial charge on any atom is 0.264 e. The molecular weight excluding hydrogens is 721 g/mol. The topological polar surface area (TPSA) is 86.8 Å². The fourth-order valence-corrected chi connectivity index (χ4v) is 7.96. The first-order valence-corrected chi connectivity index (χ1v) is 18.5. The Kier molecular flexibility index (Phi) is 12.0. The molecule has 1 N–H and O–H groups in total. The van der Waals surface area contributed by atoms with Gasteiger partial charge in [0.15, 0.2) is 0 Å². The maximum absolute atomic E-state index is 14.7. The van der Waals surface area contributed by atoms with Gasteiger partial charge >= 0.3 is 0 Å². The van der Waals surface area contributed by atoms with E-state index in [4.69, 9.17) is 23.2 Å². The molecule has 2 amide bonds. The number of sulfonamides is 1. The van der Waals surface area contributed by atoms with E-state index in [1.807, 2.05) is 54.6 Å². The molecular formula is C36H36BrCl2N3O4S. The molecule has 5 rings (SSSR count). The normalized spacial score (nSPS) is 14.3. The van der Waals surface area contributed by atoms with Crippen LogP contribution in [0.3, 0.4) is 0 Å².